The van der Waals surface area contributed by atoms with Crippen molar-refractivity contribution in [2.75, 3.05) is 13.1 Å². The lowest BCUT2D eigenvalue weighted by Crippen LogP contribution is -2.39. The van der Waals surface area contributed by atoms with E-state index >= 15 is 0 Å². The fraction of sp³-hybridized carbons (Fsp3) is 0.500. The summed E-state index contributed by atoms with van der Waals surface area (Å²) >= 11 is 0. The standard InChI is InChI=1S/C10H13FN2O.ClH/c11-9-2-1-8(7-13-9)10(14)3-5-12-6-4-10;/h1-2,7,12,14H,3-6H2;1H. The number of nitrogens with one attached hydrogen (secondary N) is 1. The van der Waals surface area contributed by atoms with Crippen LogP contribution in [0, 0.1) is 5.95 Å². The van der Waals surface area contributed by atoms with E-state index in [1.165, 1.54) is 12.3 Å². The lowest BCUT2D eigenvalue weighted by Gasteiger charge is -2.32. The lowest BCUT2D eigenvalue weighted by atomic mass is 9.86. The molecule has 0 unspecified atom stereocenters. The highest BCUT2D eigenvalue weighted by atomic mass is 35.5. The van der Waals surface area contributed by atoms with Gasteiger partial charge in [-0.15, -0.1) is 12.4 Å². The van der Waals surface area contributed by atoms with Crippen LogP contribution in [0.3, 0.4) is 0 Å². The molecule has 3 nitrogen and oxygen atoms in total. The van der Waals surface area contributed by atoms with Gasteiger partial charge in [0.05, 0.1) is 5.60 Å². The van der Waals surface area contributed by atoms with E-state index in [9.17, 15) is 9.50 Å². The third-order valence-electron chi connectivity index (χ3n) is 2.70. The number of hydrogen-bond donors (Lipinski definition) is 2. The van der Waals surface area contributed by atoms with Gasteiger partial charge in [0.15, 0.2) is 0 Å². The van der Waals surface area contributed by atoms with Crippen molar-refractivity contribution in [3.63, 3.8) is 0 Å². The monoisotopic (exact) mass is 232 g/mol. The summed E-state index contributed by atoms with van der Waals surface area (Å²) in [4.78, 5) is 3.55. The molecule has 1 aliphatic rings. The molecule has 1 aliphatic heterocycles. The molecule has 5 heteroatoms. The highest BCUT2D eigenvalue weighted by Gasteiger charge is 2.31. The summed E-state index contributed by atoms with van der Waals surface area (Å²) in [7, 11) is 0. The first kappa shape index (κ1) is 12.4. The summed E-state index contributed by atoms with van der Waals surface area (Å²) in [6.07, 6.45) is 2.72. The van der Waals surface area contributed by atoms with Crippen LogP contribution in [0.5, 0.6) is 0 Å². The van der Waals surface area contributed by atoms with Crippen molar-refractivity contribution >= 4 is 12.4 Å². The van der Waals surface area contributed by atoms with Crippen molar-refractivity contribution in [1.29, 1.82) is 0 Å². The number of aliphatic hydroxyl groups is 1. The predicted octanol–water partition coefficient (Wildman–Crippen LogP) is 1.21. The molecule has 0 atom stereocenters. The second-order valence-corrected chi connectivity index (χ2v) is 3.65. The number of piperidine rings is 1. The normalized spacial score (nSPS) is 19.3. The molecule has 0 spiro atoms. The summed E-state index contributed by atoms with van der Waals surface area (Å²) in [6.45, 7) is 1.57. The molecule has 2 rings (SSSR count). The molecule has 1 saturated heterocycles. The minimum absolute atomic E-state index is 0. The molecular formula is C10H14ClFN2O. The zero-order valence-electron chi connectivity index (χ0n) is 8.24. The Morgan fingerprint density at radius 2 is 2.00 bits per heavy atom. The molecule has 2 N–H and O–H groups in total. The zero-order valence-corrected chi connectivity index (χ0v) is 9.06. The van der Waals surface area contributed by atoms with Crippen LogP contribution in [0.2, 0.25) is 0 Å². The van der Waals surface area contributed by atoms with E-state index in [2.05, 4.69) is 10.3 Å². The minimum atomic E-state index is -0.827. The third kappa shape index (κ3) is 2.65. The number of hydrogen-bond acceptors (Lipinski definition) is 3. The highest BCUT2D eigenvalue weighted by Crippen LogP contribution is 2.29. The van der Waals surface area contributed by atoms with Gasteiger partial charge in [0.1, 0.15) is 0 Å². The maximum Gasteiger partial charge on any atom is 0.212 e. The Hall–Kier alpha value is -0.710. The fourth-order valence-corrected chi connectivity index (χ4v) is 1.78. The summed E-state index contributed by atoms with van der Waals surface area (Å²) in [6, 6.07) is 2.89. The molecule has 0 radical (unpaired) electrons. The Labute approximate surface area is 94.1 Å². The van der Waals surface area contributed by atoms with Crippen molar-refractivity contribution in [1.82, 2.24) is 10.3 Å². The Bertz CT molecular complexity index is 312. The van der Waals surface area contributed by atoms with Crippen molar-refractivity contribution < 1.29 is 9.50 Å². The Balaban J connectivity index is 0.00000112. The van der Waals surface area contributed by atoms with E-state index in [4.69, 9.17) is 0 Å². The maximum absolute atomic E-state index is 12.6. The number of halogens is 2. The van der Waals surface area contributed by atoms with Crippen molar-refractivity contribution in [2.24, 2.45) is 0 Å². The van der Waals surface area contributed by atoms with Crippen LogP contribution in [-0.2, 0) is 5.60 Å². The average molecular weight is 233 g/mol. The van der Waals surface area contributed by atoms with Crippen molar-refractivity contribution in [3.8, 4) is 0 Å². The van der Waals surface area contributed by atoms with Gasteiger partial charge < -0.3 is 10.4 Å². The minimum Gasteiger partial charge on any atom is -0.385 e. The number of nitrogens with zero attached hydrogens (tertiary/aromatic N) is 1. The lowest BCUT2D eigenvalue weighted by molar-refractivity contribution is 0.00554. The van der Waals surface area contributed by atoms with Crippen LogP contribution in [-0.4, -0.2) is 23.2 Å². The number of aromatic nitrogens is 1. The second-order valence-electron chi connectivity index (χ2n) is 3.65. The SMILES string of the molecule is Cl.OC1(c2ccc(F)nc2)CCNCC1. The van der Waals surface area contributed by atoms with E-state index in [1.54, 1.807) is 6.07 Å². The first-order valence-electron chi connectivity index (χ1n) is 4.76. The van der Waals surface area contributed by atoms with Gasteiger partial charge in [0.25, 0.3) is 0 Å². The Kier molecular flexibility index (Phi) is 4.02. The topological polar surface area (TPSA) is 45.2 Å². The van der Waals surface area contributed by atoms with E-state index in [0.29, 0.717) is 18.4 Å². The number of pyridine rings is 1. The average Bonchev–Trinajstić information content (AvgIpc) is 2.19. The van der Waals surface area contributed by atoms with Crippen LogP contribution >= 0.6 is 12.4 Å². The van der Waals surface area contributed by atoms with E-state index in [-0.39, 0.29) is 12.4 Å². The molecule has 0 amide bonds. The zero-order chi connectivity index (χ0) is 10.0. The predicted molar refractivity (Wildman–Crippen MR) is 57.4 cm³/mol. The molecule has 0 aliphatic carbocycles. The highest BCUT2D eigenvalue weighted by molar-refractivity contribution is 5.85. The van der Waals surface area contributed by atoms with E-state index in [0.717, 1.165) is 13.1 Å². The number of rotatable bonds is 1. The molecule has 1 aromatic heterocycles. The largest absolute Gasteiger partial charge is 0.385 e. The van der Waals surface area contributed by atoms with E-state index < -0.39 is 11.5 Å². The summed E-state index contributed by atoms with van der Waals surface area (Å²) in [5, 5.41) is 13.4. The summed E-state index contributed by atoms with van der Waals surface area (Å²) in [5.41, 5.74) is -0.119. The van der Waals surface area contributed by atoms with Gasteiger partial charge in [0, 0.05) is 11.8 Å². The molecule has 84 valence electrons. The van der Waals surface area contributed by atoms with Gasteiger partial charge >= 0.3 is 0 Å². The van der Waals surface area contributed by atoms with Crippen molar-refractivity contribution in [3.05, 3.63) is 29.8 Å². The van der Waals surface area contributed by atoms with Gasteiger partial charge in [-0.1, -0.05) is 6.07 Å². The first-order chi connectivity index (χ1) is 6.71. The van der Waals surface area contributed by atoms with Gasteiger partial charge in [0.2, 0.25) is 5.95 Å². The summed E-state index contributed by atoms with van der Waals surface area (Å²) in [5.74, 6) is -0.508. The van der Waals surface area contributed by atoms with Crippen LogP contribution in [0.1, 0.15) is 18.4 Å². The van der Waals surface area contributed by atoms with Crippen LogP contribution in [0.15, 0.2) is 18.3 Å². The smallest absolute Gasteiger partial charge is 0.212 e. The van der Waals surface area contributed by atoms with E-state index in [1.807, 2.05) is 0 Å². The van der Waals surface area contributed by atoms with Gasteiger partial charge in [-0.05, 0) is 32.0 Å². The van der Waals surface area contributed by atoms with Gasteiger partial charge in [-0.25, -0.2) is 4.98 Å². The third-order valence-corrected chi connectivity index (χ3v) is 2.70. The van der Waals surface area contributed by atoms with Gasteiger partial charge in [-0.2, -0.15) is 4.39 Å². The quantitative estimate of drug-likeness (QED) is 0.716. The molecule has 0 bridgehead atoms. The second kappa shape index (κ2) is 4.88. The molecule has 1 fully saturated rings. The molecule has 15 heavy (non-hydrogen) atoms. The Morgan fingerprint density at radius 3 is 2.53 bits per heavy atom. The van der Waals surface area contributed by atoms with Crippen LogP contribution in [0.4, 0.5) is 4.39 Å². The fourth-order valence-electron chi connectivity index (χ4n) is 1.78. The first-order valence-corrected chi connectivity index (χ1v) is 4.76. The Morgan fingerprint density at radius 1 is 1.33 bits per heavy atom. The van der Waals surface area contributed by atoms with Gasteiger partial charge in [-0.3, -0.25) is 0 Å². The molecule has 0 saturated carbocycles. The summed E-state index contributed by atoms with van der Waals surface area (Å²) < 4.78 is 12.6. The van der Waals surface area contributed by atoms with Crippen molar-refractivity contribution in [2.45, 2.75) is 18.4 Å². The molecular weight excluding hydrogens is 219 g/mol. The van der Waals surface area contributed by atoms with Crippen LogP contribution < -0.4 is 5.32 Å². The molecule has 1 aromatic rings. The molecule has 2 heterocycles. The van der Waals surface area contributed by atoms with Crippen LogP contribution in [0.25, 0.3) is 0 Å². The maximum atomic E-state index is 12.6. The molecule has 0 aromatic carbocycles.